The SMILES string of the molecule is CCCN(C(=O)c1cnn(-c2ccccc2)c1C)C1CCNC1.Cl. The number of hydrogen-bond donors (Lipinski definition) is 1. The van der Waals surface area contributed by atoms with E-state index >= 15 is 0 Å². The number of amides is 1. The Bertz CT molecular complexity index is 665. The highest BCUT2D eigenvalue weighted by Gasteiger charge is 2.28. The number of benzene rings is 1. The van der Waals surface area contributed by atoms with Crippen molar-refractivity contribution in [2.75, 3.05) is 19.6 Å². The molecule has 1 aliphatic rings. The molecule has 6 heteroatoms. The van der Waals surface area contributed by atoms with Crippen LogP contribution < -0.4 is 5.32 Å². The lowest BCUT2D eigenvalue weighted by Gasteiger charge is -2.28. The summed E-state index contributed by atoms with van der Waals surface area (Å²) in [6, 6.07) is 10.2. The van der Waals surface area contributed by atoms with Crippen molar-refractivity contribution in [3.63, 3.8) is 0 Å². The molecule has 1 aliphatic heterocycles. The van der Waals surface area contributed by atoms with Crippen LogP contribution in [-0.4, -0.2) is 46.3 Å². The van der Waals surface area contributed by atoms with E-state index in [0.29, 0.717) is 11.6 Å². The van der Waals surface area contributed by atoms with Crippen LogP contribution in [-0.2, 0) is 0 Å². The molecule has 2 aromatic rings. The summed E-state index contributed by atoms with van der Waals surface area (Å²) >= 11 is 0. The molecule has 1 fully saturated rings. The predicted octanol–water partition coefficient (Wildman–Crippen LogP) is 2.82. The highest BCUT2D eigenvalue weighted by molar-refractivity contribution is 5.95. The molecule has 1 unspecified atom stereocenters. The molecule has 3 rings (SSSR count). The zero-order valence-corrected chi connectivity index (χ0v) is 15.1. The normalized spacial score (nSPS) is 16.7. The van der Waals surface area contributed by atoms with E-state index in [1.54, 1.807) is 6.20 Å². The Morgan fingerprint density at radius 2 is 2.12 bits per heavy atom. The topological polar surface area (TPSA) is 50.2 Å². The molecule has 5 nitrogen and oxygen atoms in total. The first kappa shape index (κ1) is 18.5. The molecule has 1 N–H and O–H groups in total. The van der Waals surface area contributed by atoms with Gasteiger partial charge in [0.25, 0.3) is 5.91 Å². The van der Waals surface area contributed by atoms with Gasteiger partial charge < -0.3 is 10.2 Å². The molecule has 2 heterocycles. The van der Waals surface area contributed by atoms with Gasteiger partial charge in [-0.3, -0.25) is 4.79 Å². The third-order valence-electron chi connectivity index (χ3n) is 4.44. The molecule has 1 saturated heterocycles. The van der Waals surface area contributed by atoms with Crippen LogP contribution in [0.25, 0.3) is 5.69 Å². The largest absolute Gasteiger partial charge is 0.334 e. The first-order chi connectivity index (χ1) is 11.2. The number of carbonyl (C=O) groups is 1. The van der Waals surface area contributed by atoms with Crippen LogP contribution in [0, 0.1) is 6.92 Å². The van der Waals surface area contributed by atoms with Crippen LogP contribution in [0.2, 0.25) is 0 Å². The Morgan fingerprint density at radius 1 is 1.38 bits per heavy atom. The van der Waals surface area contributed by atoms with Crippen molar-refractivity contribution in [3.8, 4) is 5.69 Å². The summed E-state index contributed by atoms with van der Waals surface area (Å²) in [5, 5.41) is 7.78. The van der Waals surface area contributed by atoms with Gasteiger partial charge in [-0.2, -0.15) is 5.10 Å². The van der Waals surface area contributed by atoms with Crippen LogP contribution >= 0.6 is 12.4 Å². The fraction of sp³-hybridized carbons (Fsp3) is 0.444. The van der Waals surface area contributed by atoms with Crippen molar-refractivity contribution >= 4 is 18.3 Å². The number of para-hydroxylation sites is 1. The fourth-order valence-electron chi connectivity index (χ4n) is 3.20. The predicted molar refractivity (Wildman–Crippen MR) is 98.2 cm³/mol. The summed E-state index contributed by atoms with van der Waals surface area (Å²) in [4.78, 5) is 15.0. The van der Waals surface area contributed by atoms with E-state index in [9.17, 15) is 4.79 Å². The molecular weight excluding hydrogens is 324 g/mol. The van der Waals surface area contributed by atoms with Gasteiger partial charge in [-0.05, 0) is 38.4 Å². The zero-order valence-electron chi connectivity index (χ0n) is 14.2. The lowest BCUT2D eigenvalue weighted by atomic mass is 10.1. The van der Waals surface area contributed by atoms with Gasteiger partial charge in [0, 0.05) is 19.1 Å². The number of nitrogens with zero attached hydrogens (tertiary/aromatic N) is 3. The minimum absolute atomic E-state index is 0. The van der Waals surface area contributed by atoms with Crippen LogP contribution in [0.5, 0.6) is 0 Å². The zero-order chi connectivity index (χ0) is 16.2. The highest BCUT2D eigenvalue weighted by Crippen LogP contribution is 2.19. The monoisotopic (exact) mass is 348 g/mol. The van der Waals surface area contributed by atoms with Crippen molar-refractivity contribution in [2.24, 2.45) is 0 Å². The standard InChI is InChI=1S/C18H24N4O.ClH/c1-3-11-21(16-9-10-19-12-16)18(23)17-13-20-22(14(17)2)15-7-5-4-6-8-15;/h4-8,13,16,19H,3,9-12H2,1-2H3;1H. The molecule has 1 aromatic carbocycles. The van der Waals surface area contributed by atoms with Crippen molar-refractivity contribution < 1.29 is 4.79 Å². The maximum absolute atomic E-state index is 13.0. The quantitative estimate of drug-likeness (QED) is 0.904. The Morgan fingerprint density at radius 3 is 2.75 bits per heavy atom. The lowest BCUT2D eigenvalue weighted by Crippen LogP contribution is -2.42. The van der Waals surface area contributed by atoms with Crippen LogP contribution in [0.15, 0.2) is 36.5 Å². The van der Waals surface area contributed by atoms with E-state index in [0.717, 1.165) is 43.9 Å². The Kier molecular flexibility index (Phi) is 6.40. The second-order valence-electron chi connectivity index (χ2n) is 6.04. The maximum Gasteiger partial charge on any atom is 0.257 e. The van der Waals surface area contributed by atoms with Gasteiger partial charge in [-0.25, -0.2) is 4.68 Å². The Hall–Kier alpha value is -1.85. The van der Waals surface area contributed by atoms with Gasteiger partial charge in [-0.15, -0.1) is 12.4 Å². The highest BCUT2D eigenvalue weighted by atomic mass is 35.5. The van der Waals surface area contributed by atoms with Gasteiger partial charge in [0.05, 0.1) is 23.1 Å². The first-order valence-corrected chi connectivity index (χ1v) is 8.34. The molecule has 0 saturated carbocycles. The van der Waals surface area contributed by atoms with Crippen LogP contribution in [0.1, 0.15) is 35.8 Å². The minimum Gasteiger partial charge on any atom is -0.334 e. The molecule has 0 radical (unpaired) electrons. The number of rotatable bonds is 5. The second kappa shape index (κ2) is 8.31. The summed E-state index contributed by atoms with van der Waals surface area (Å²) in [5.41, 5.74) is 2.58. The van der Waals surface area contributed by atoms with Crippen molar-refractivity contribution in [2.45, 2.75) is 32.7 Å². The minimum atomic E-state index is 0. The van der Waals surface area contributed by atoms with E-state index in [4.69, 9.17) is 0 Å². The number of carbonyl (C=O) groups excluding carboxylic acids is 1. The van der Waals surface area contributed by atoms with Gasteiger partial charge in [0.1, 0.15) is 0 Å². The molecule has 130 valence electrons. The van der Waals surface area contributed by atoms with Gasteiger partial charge >= 0.3 is 0 Å². The summed E-state index contributed by atoms with van der Waals surface area (Å²) in [7, 11) is 0. The number of hydrogen-bond acceptors (Lipinski definition) is 3. The third-order valence-corrected chi connectivity index (χ3v) is 4.44. The molecule has 1 amide bonds. The molecular formula is C18H25ClN4O. The van der Waals surface area contributed by atoms with Gasteiger partial charge in [-0.1, -0.05) is 25.1 Å². The molecule has 0 bridgehead atoms. The average molecular weight is 349 g/mol. The molecule has 0 aliphatic carbocycles. The van der Waals surface area contributed by atoms with Gasteiger partial charge in [0.15, 0.2) is 0 Å². The number of halogens is 1. The third kappa shape index (κ3) is 3.62. The lowest BCUT2D eigenvalue weighted by molar-refractivity contribution is 0.0691. The second-order valence-corrected chi connectivity index (χ2v) is 6.04. The first-order valence-electron chi connectivity index (χ1n) is 8.34. The van der Waals surface area contributed by atoms with Crippen molar-refractivity contribution in [1.82, 2.24) is 20.0 Å². The van der Waals surface area contributed by atoms with Crippen molar-refractivity contribution in [3.05, 3.63) is 47.8 Å². The van der Waals surface area contributed by atoms with E-state index in [1.165, 1.54) is 0 Å². The Labute approximate surface area is 149 Å². The maximum atomic E-state index is 13.0. The van der Waals surface area contributed by atoms with E-state index in [-0.39, 0.29) is 18.3 Å². The van der Waals surface area contributed by atoms with Crippen LogP contribution in [0.4, 0.5) is 0 Å². The molecule has 1 atom stereocenters. The average Bonchev–Trinajstić information content (AvgIpc) is 3.22. The van der Waals surface area contributed by atoms with Gasteiger partial charge in [0.2, 0.25) is 0 Å². The van der Waals surface area contributed by atoms with E-state index < -0.39 is 0 Å². The number of nitrogens with one attached hydrogen (secondary N) is 1. The smallest absolute Gasteiger partial charge is 0.257 e. The Balaban J connectivity index is 0.00000208. The summed E-state index contributed by atoms with van der Waals surface area (Å²) in [6.07, 6.45) is 3.70. The molecule has 1 aromatic heterocycles. The molecule has 24 heavy (non-hydrogen) atoms. The summed E-state index contributed by atoms with van der Waals surface area (Å²) in [5.74, 6) is 0.0974. The fourth-order valence-corrected chi connectivity index (χ4v) is 3.20. The molecule has 0 spiro atoms. The van der Waals surface area contributed by atoms with Crippen molar-refractivity contribution in [1.29, 1.82) is 0 Å². The summed E-state index contributed by atoms with van der Waals surface area (Å²) < 4.78 is 1.84. The van der Waals surface area contributed by atoms with E-state index in [2.05, 4.69) is 17.3 Å². The van der Waals surface area contributed by atoms with Crippen LogP contribution in [0.3, 0.4) is 0 Å². The number of aromatic nitrogens is 2. The van der Waals surface area contributed by atoms with E-state index in [1.807, 2.05) is 46.8 Å². The summed E-state index contributed by atoms with van der Waals surface area (Å²) in [6.45, 7) is 6.74.